The normalized spacial score (nSPS) is 18.3. The first-order valence-corrected chi connectivity index (χ1v) is 17.3. The Morgan fingerprint density at radius 2 is 0.677 bits per heavy atom. The minimum atomic E-state index is -2.73. The lowest BCUT2D eigenvalue weighted by Gasteiger charge is -2.43. The molecule has 0 bridgehead atoms. The first kappa shape index (κ1) is 44.3. The molecule has 1 aliphatic rings. The molecule has 1 heterocycles. The summed E-state index contributed by atoms with van der Waals surface area (Å²) in [5.41, 5.74) is -5.91. The van der Waals surface area contributed by atoms with Crippen LogP contribution in [0.25, 0.3) is 0 Å². The predicted molar refractivity (Wildman–Crippen MR) is 184 cm³/mol. The Morgan fingerprint density at radius 3 is 1.03 bits per heavy atom. The van der Waals surface area contributed by atoms with Crippen LogP contribution in [0.1, 0.15) is 51.8 Å². The lowest BCUT2D eigenvalue weighted by atomic mass is 9.97. The second kappa shape index (κ2) is 18.5. The van der Waals surface area contributed by atoms with Gasteiger partial charge in [-0.05, 0) is 91.0 Å². The smallest absolute Gasteiger partial charge is 0.343 e. The molecule has 5 aromatic rings. The molecule has 21 heteroatoms. The minimum absolute atomic E-state index is 0.278. The molecule has 0 aromatic heterocycles. The quantitative estimate of drug-likeness (QED) is 0.0741. The molecule has 0 saturated carbocycles. The highest BCUT2D eigenvalue weighted by molar-refractivity contribution is 5.93. The third-order valence-electron chi connectivity index (χ3n) is 8.66. The van der Waals surface area contributed by atoms with Gasteiger partial charge in [-0.25, -0.2) is 67.9 Å². The average molecular weight is 881 g/mol. The highest BCUT2D eigenvalue weighted by Crippen LogP contribution is 2.33. The Bertz CT molecular complexity index is 2590. The van der Waals surface area contributed by atoms with Gasteiger partial charge < -0.3 is 28.4 Å². The fraction of sp³-hybridized carbons (Fsp3) is 0.146. The van der Waals surface area contributed by atoms with Crippen LogP contribution in [0.15, 0.2) is 91.0 Å². The molecule has 5 aromatic carbocycles. The van der Waals surface area contributed by atoms with Gasteiger partial charge in [0.25, 0.3) is 0 Å². The fourth-order valence-electron chi connectivity index (χ4n) is 5.74. The van der Waals surface area contributed by atoms with E-state index >= 15 is 0 Å². The van der Waals surface area contributed by atoms with Crippen molar-refractivity contribution in [1.29, 1.82) is 0 Å². The Morgan fingerprint density at radius 1 is 0.387 bits per heavy atom. The first-order chi connectivity index (χ1) is 29.4. The number of benzene rings is 5. The van der Waals surface area contributed by atoms with E-state index in [1.807, 2.05) is 0 Å². The molecule has 0 spiro atoms. The van der Waals surface area contributed by atoms with Crippen molar-refractivity contribution >= 4 is 29.8 Å². The van der Waals surface area contributed by atoms with Gasteiger partial charge in [-0.3, -0.25) is 0 Å². The maximum atomic E-state index is 14.9. The monoisotopic (exact) mass is 880 g/mol. The molecule has 11 nitrogen and oxygen atoms in total. The van der Waals surface area contributed by atoms with E-state index in [0.29, 0.717) is 78.9 Å². The average Bonchev–Trinajstić information content (AvgIpc) is 3.23. The summed E-state index contributed by atoms with van der Waals surface area (Å²) in [7, 11) is 0. The van der Waals surface area contributed by atoms with Crippen LogP contribution in [0.5, 0.6) is 0 Å². The summed E-state index contributed by atoms with van der Waals surface area (Å²) < 4.78 is 177. The van der Waals surface area contributed by atoms with Gasteiger partial charge in [-0.15, -0.1) is 0 Å². The van der Waals surface area contributed by atoms with E-state index in [-0.39, 0.29) is 12.1 Å². The maximum Gasteiger partial charge on any atom is 0.343 e. The van der Waals surface area contributed by atoms with Gasteiger partial charge in [0.2, 0.25) is 12.4 Å². The van der Waals surface area contributed by atoms with Crippen LogP contribution in [0.3, 0.4) is 0 Å². The summed E-state index contributed by atoms with van der Waals surface area (Å²) in [6.45, 7) is -1.40. The van der Waals surface area contributed by atoms with E-state index in [2.05, 4.69) is 0 Å². The van der Waals surface area contributed by atoms with Crippen molar-refractivity contribution in [2.24, 2.45) is 0 Å². The van der Waals surface area contributed by atoms with Crippen LogP contribution in [0.2, 0.25) is 0 Å². The predicted octanol–water partition coefficient (Wildman–Crippen LogP) is 7.49. The van der Waals surface area contributed by atoms with Crippen molar-refractivity contribution in [1.82, 2.24) is 0 Å². The van der Waals surface area contributed by atoms with Crippen molar-refractivity contribution in [3.63, 3.8) is 0 Å². The zero-order valence-corrected chi connectivity index (χ0v) is 30.5. The number of hydrogen-bond donors (Lipinski definition) is 0. The molecule has 0 radical (unpaired) electrons. The molecule has 62 heavy (non-hydrogen) atoms. The van der Waals surface area contributed by atoms with Crippen molar-refractivity contribution in [3.05, 3.63) is 177 Å². The Hall–Kier alpha value is -7.29. The van der Waals surface area contributed by atoms with E-state index in [0.717, 1.165) is 0 Å². The van der Waals surface area contributed by atoms with Crippen molar-refractivity contribution < 1.29 is 96.3 Å². The van der Waals surface area contributed by atoms with Gasteiger partial charge in [0.15, 0.2) is 12.2 Å². The molecule has 1 aliphatic heterocycles. The van der Waals surface area contributed by atoms with Gasteiger partial charge in [-0.1, -0.05) is 0 Å². The second-order valence-corrected chi connectivity index (χ2v) is 12.8. The number of ether oxygens (including phenoxy) is 6. The number of carbonyl (C=O) groups is 5. The summed E-state index contributed by atoms with van der Waals surface area (Å²) in [4.78, 5) is 67.0. The summed E-state index contributed by atoms with van der Waals surface area (Å²) in [5, 5.41) is 0. The van der Waals surface area contributed by atoms with E-state index in [1.165, 1.54) is 0 Å². The highest BCUT2D eigenvalue weighted by atomic mass is 19.2. The molecule has 0 N–H and O–H groups in total. The molecular formula is C41H22F10O11. The van der Waals surface area contributed by atoms with Gasteiger partial charge in [0.05, 0.1) is 27.8 Å². The standard InChI is InChI=1S/C41H22F10O11/c42-17-1-6-27(47)22(11-17)36(52)57-16-32-33(59-37(53)23-12-18(43)2-7-28(23)48)34(60-38(54)24-13-19(44)3-8-29(24)49)35(61-39(55)25-14-20(45)4-9-30(25)50)41(58-32)62-40(56)26-15-21(46)5-10-31(26)51/h1-15,32-35,41H,16H2/t32-,33-,34+,35-,41?/m1/s1. The lowest BCUT2D eigenvalue weighted by molar-refractivity contribution is -0.283. The molecule has 1 saturated heterocycles. The van der Waals surface area contributed by atoms with Crippen LogP contribution in [-0.2, 0) is 28.4 Å². The zero-order chi connectivity index (χ0) is 45.0. The fourth-order valence-corrected chi connectivity index (χ4v) is 5.74. The van der Waals surface area contributed by atoms with Gasteiger partial charge >= 0.3 is 29.8 Å². The van der Waals surface area contributed by atoms with Gasteiger partial charge in [-0.2, -0.15) is 0 Å². The van der Waals surface area contributed by atoms with Crippen LogP contribution in [0.4, 0.5) is 43.9 Å². The maximum absolute atomic E-state index is 14.9. The summed E-state index contributed by atoms with van der Waals surface area (Å²) in [6.07, 6.45) is -13.1. The van der Waals surface area contributed by atoms with Crippen LogP contribution >= 0.6 is 0 Å². The van der Waals surface area contributed by atoms with Crippen molar-refractivity contribution in [3.8, 4) is 0 Å². The number of halogens is 10. The number of rotatable bonds is 11. The van der Waals surface area contributed by atoms with Crippen LogP contribution in [-0.4, -0.2) is 67.2 Å². The molecule has 1 fully saturated rings. The second-order valence-electron chi connectivity index (χ2n) is 12.8. The first-order valence-electron chi connectivity index (χ1n) is 17.3. The third kappa shape index (κ3) is 10.0. The van der Waals surface area contributed by atoms with Crippen LogP contribution in [0, 0.1) is 58.2 Å². The summed E-state index contributed by atoms with van der Waals surface area (Å²) in [5.74, 6) is -22.6. The topological polar surface area (TPSA) is 141 Å². The Balaban J connectivity index is 1.51. The van der Waals surface area contributed by atoms with Crippen LogP contribution < -0.4 is 0 Å². The Labute approximate surface area is 340 Å². The Kier molecular flexibility index (Phi) is 13.2. The summed E-state index contributed by atoms with van der Waals surface area (Å²) in [6, 6.07) is 6.76. The molecule has 0 aliphatic carbocycles. The number of esters is 5. The molecule has 1 unspecified atom stereocenters. The van der Waals surface area contributed by atoms with Crippen molar-refractivity contribution in [2.45, 2.75) is 30.7 Å². The SMILES string of the molecule is O=C(OC[C@H]1OC(OC(=O)c2cc(F)ccc2F)[C@H](OC(=O)c2cc(F)ccc2F)[C@@H](OC(=O)c2cc(F)ccc2F)[C@@H]1OC(=O)c1cc(F)ccc1F)c1cc(F)ccc1F. The van der Waals surface area contributed by atoms with E-state index in [4.69, 9.17) is 28.4 Å². The van der Waals surface area contributed by atoms with Gasteiger partial charge in [0, 0.05) is 0 Å². The number of carbonyl (C=O) groups excluding carboxylic acids is 5. The molecule has 6 rings (SSSR count). The largest absolute Gasteiger partial charge is 0.459 e. The molecule has 322 valence electrons. The van der Waals surface area contributed by atoms with E-state index in [9.17, 15) is 67.9 Å². The van der Waals surface area contributed by atoms with E-state index < -0.39 is 153 Å². The molecule has 5 atom stereocenters. The summed E-state index contributed by atoms with van der Waals surface area (Å²) >= 11 is 0. The third-order valence-corrected chi connectivity index (χ3v) is 8.66. The lowest BCUT2D eigenvalue weighted by Crippen LogP contribution is -2.63. The van der Waals surface area contributed by atoms with Crippen molar-refractivity contribution in [2.75, 3.05) is 6.61 Å². The van der Waals surface area contributed by atoms with Gasteiger partial charge in [0.1, 0.15) is 70.9 Å². The minimum Gasteiger partial charge on any atom is -0.459 e. The molecule has 0 amide bonds. The zero-order valence-electron chi connectivity index (χ0n) is 30.5. The number of hydrogen-bond acceptors (Lipinski definition) is 11. The van der Waals surface area contributed by atoms with E-state index in [1.54, 1.807) is 0 Å². The highest BCUT2D eigenvalue weighted by Gasteiger charge is 2.55. The molecular weight excluding hydrogens is 858 g/mol.